The number of ether oxygens (including phenoxy) is 1. The number of nitrogens with zero attached hydrogens (tertiary/aromatic N) is 1. The van der Waals surface area contributed by atoms with Crippen LogP contribution in [-0.4, -0.2) is 31.1 Å². The molecule has 0 radical (unpaired) electrons. The Morgan fingerprint density at radius 3 is 2.19 bits per heavy atom. The second-order valence-corrected chi connectivity index (χ2v) is 4.64. The van der Waals surface area contributed by atoms with Gasteiger partial charge in [-0.05, 0) is 44.3 Å². The van der Waals surface area contributed by atoms with E-state index < -0.39 is 0 Å². The molecule has 0 atom stereocenters. The first-order chi connectivity index (χ1) is 7.70. The van der Waals surface area contributed by atoms with Gasteiger partial charge in [-0.15, -0.1) is 0 Å². The van der Waals surface area contributed by atoms with Crippen LogP contribution >= 0.6 is 0 Å². The van der Waals surface area contributed by atoms with Gasteiger partial charge >= 0.3 is 0 Å². The maximum Gasteiger partial charge on any atom is 0.0885 e. The molecule has 0 N–H and O–H groups in total. The van der Waals surface area contributed by atoms with Crippen molar-refractivity contribution in [3.63, 3.8) is 0 Å². The summed E-state index contributed by atoms with van der Waals surface area (Å²) >= 11 is 0. The zero-order valence-corrected chi connectivity index (χ0v) is 11.5. The fourth-order valence-electron chi connectivity index (χ4n) is 1.62. The van der Waals surface area contributed by atoms with Crippen molar-refractivity contribution in [2.75, 3.05) is 26.2 Å². The molecule has 0 aromatic carbocycles. The van der Waals surface area contributed by atoms with Crippen LogP contribution in [0.5, 0.6) is 0 Å². The Morgan fingerprint density at radius 1 is 1.06 bits per heavy atom. The van der Waals surface area contributed by atoms with Crippen LogP contribution in [0.2, 0.25) is 0 Å². The molecule has 0 spiro atoms. The van der Waals surface area contributed by atoms with Crippen molar-refractivity contribution in [2.45, 2.75) is 47.0 Å². The molecule has 0 aliphatic rings. The number of hydrogen-bond acceptors (Lipinski definition) is 2. The standard InChI is InChI=1S/C14H29NO/c1-5-9-15(10-6-2)11-7-12-16-13-8-14(3)4/h8,13-14H,5-7,9-12H2,1-4H3. The van der Waals surface area contributed by atoms with Gasteiger partial charge in [0.25, 0.3) is 0 Å². The highest BCUT2D eigenvalue weighted by atomic mass is 16.5. The van der Waals surface area contributed by atoms with Crippen molar-refractivity contribution in [1.29, 1.82) is 0 Å². The van der Waals surface area contributed by atoms with Crippen molar-refractivity contribution in [3.8, 4) is 0 Å². The lowest BCUT2D eigenvalue weighted by molar-refractivity contribution is 0.203. The molecule has 0 bridgehead atoms. The summed E-state index contributed by atoms with van der Waals surface area (Å²) in [7, 11) is 0. The Kier molecular flexibility index (Phi) is 10.7. The van der Waals surface area contributed by atoms with Crippen LogP contribution in [-0.2, 0) is 4.74 Å². The van der Waals surface area contributed by atoms with Gasteiger partial charge in [0.1, 0.15) is 0 Å². The van der Waals surface area contributed by atoms with Crippen LogP contribution in [0.4, 0.5) is 0 Å². The van der Waals surface area contributed by atoms with Crippen LogP contribution in [0.1, 0.15) is 47.0 Å². The van der Waals surface area contributed by atoms with Gasteiger partial charge in [0.15, 0.2) is 0 Å². The third-order valence-electron chi connectivity index (χ3n) is 2.38. The molecular weight excluding hydrogens is 198 g/mol. The molecule has 0 heterocycles. The SMILES string of the molecule is CCCN(CCC)CCCOC=CC(C)C. The minimum absolute atomic E-state index is 0.580. The van der Waals surface area contributed by atoms with Gasteiger partial charge in [0.2, 0.25) is 0 Å². The van der Waals surface area contributed by atoms with Crippen LogP contribution in [0.25, 0.3) is 0 Å². The first-order valence-electron chi connectivity index (χ1n) is 6.71. The lowest BCUT2D eigenvalue weighted by Gasteiger charge is -2.20. The first-order valence-corrected chi connectivity index (χ1v) is 6.71. The second kappa shape index (κ2) is 11.0. The topological polar surface area (TPSA) is 12.5 Å². The summed E-state index contributed by atoms with van der Waals surface area (Å²) in [5.41, 5.74) is 0. The summed E-state index contributed by atoms with van der Waals surface area (Å²) in [6, 6.07) is 0. The molecule has 0 unspecified atom stereocenters. The Morgan fingerprint density at radius 2 is 1.69 bits per heavy atom. The van der Waals surface area contributed by atoms with Crippen molar-refractivity contribution in [1.82, 2.24) is 4.90 Å². The second-order valence-electron chi connectivity index (χ2n) is 4.64. The third-order valence-corrected chi connectivity index (χ3v) is 2.38. The van der Waals surface area contributed by atoms with E-state index in [4.69, 9.17) is 4.74 Å². The fraction of sp³-hybridized carbons (Fsp3) is 0.857. The van der Waals surface area contributed by atoms with Crippen LogP contribution in [0, 0.1) is 5.92 Å². The molecule has 96 valence electrons. The van der Waals surface area contributed by atoms with Gasteiger partial charge in [0.05, 0.1) is 12.9 Å². The lowest BCUT2D eigenvalue weighted by Crippen LogP contribution is -2.27. The normalized spacial score (nSPS) is 11.9. The van der Waals surface area contributed by atoms with E-state index in [2.05, 4.69) is 38.7 Å². The van der Waals surface area contributed by atoms with E-state index in [0.717, 1.165) is 19.6 Å². The summed E-state index contributed by atoms with van der Waals surface area (Å²) in [4.78, 5) is 2.52. The predicted molar refractivity (Wildman–Crippen MR) is 71.6 cm³/mol. The third kappa shape index (κ3) is 10.0. The van der Waals surface area contributed by atoms with Gasteiger partial charge in [-0.25, -0.2) is 0 Å². The van der Waals surface area contributed by atoms with Crippen molar-refractivity contribution < 1.29 is 4.74 Å². The molecular formula is C14H29NO. The molecule has 0 aliphatic heterocycles. The van der Waals surface area contributed by atoms with E-state index in [-0.39, 0.29) is 0 Å². The molecule has 16 heavy (non-hydrogen) atoms. The first kappa shape index (κ1) is 15.5. The quantitative estimate of drug-likeness (QED) is 0.417. The predicted octanol–water partition coefficient (Wildman–Crippen LogP) is 3.68. The monoisotopic (exact) mass is 227 g/mol. The van der Waals surface area contributed by atoms with Crippen molar-refractivity contribution in [2.24, 2.45) is 5.92 Å². The maximum absolute atomic E-state index is 5.44. The van der Waals surface area contributed by atoms with Gasteiger partial charge in [0, 0.05) is 6.54 Å². The Labute approximate surface area is 102 Å². The number of rotatable bonds is 10. The molecule has 2 heteroatoms. The molecule has 0 aromatic rings. The van der Waals surface area contributed by atoms with E-state index in [0.29, 0.717) is 5.92 Å². The molecule has 0 aliphatic carbocycles. The summed E-state index contributed by atoms with van der Waals surface area (Å²) in [6.07, 6.45) is 7.55. The highest BCUT2D eigenvalue weighted by Gasteiger charge is 2.01. The Balaban J connectivity index is 3.46. The zero-order chi connectivity index (χ0) is 12.2. The minimum atomic E-state index is 0.580. The largest absolute Gasteiger partial charge is 0.501 e. The summed E-state index contributed by atoms with van der Waals surface area (Å²) in [6.45, 7) is 13.2. The van der Waals surface area contributed by atoms with Gasteiger partial charge in [-0.1, -0.05) is 27.7 Å². The smallest absolute Gasteiger partial charge is 0.0885 e. The molecule has 0 aromatic heterocycles. The van der Waals surface area contributed by atoms with Crippen LogP contribution < -0.4 is 0 Å². The summed E-state index contributed by atoms with van der Waals surface area (Å²) < 4.78 is 5.44. The van der Waals surface area contributed by atoms with E-state index in [1.54, 1.807) is 0 Å². The number of hydrogen-bond donors (Lipinski definition) is 0. The number of allylic oxidation sites excluding steroid dienone is 1. The zero-order valence-electron chi connectivity index (χ0n) is 11.5. The minimum Gasteiger partial charge on any atom is -0.501 e. The molecule has 0 fully saturated rings. The van der Waals surface area contributed by atoms with Crippen molar-refractivity contribution >= 4 is 0 Å². The Hall–Kier alpha value is -0.500. The lowest BCUT2D eigenvalue weighted by atomic mass is 10.2. The van der Waals surface area contributed by atoms with E-state index >= 15 is 0 Å². The molecule has 0 rings (SSSR count). The van der Waals surface area contributed by atoms with E-state index in [1.807, 2.05) is 6.26 Å². The summed E-state index contributed by atoms with van der Waals surface area (Å²) in [5.74, 6) is 0.580. The van der Waals surface area contributed by atoms with Gasteiger partial charge < -0.3 is 9.64 Å². The highest BCUT2D eigenvalue weighted by Crippen LogP contribution is 1.98. The Bertz CT molecular complexity index is 160. The average molecular weight is 227 g/mol. The fourth-order valence-corrected chi connectivity index (χ4v) is 1.62. The van der Waals surface area contributed by atoms with Crippen LogP contribution in [0.15, 0.2) is 12.3 Å². The molecule has 0 amide bonds. The average Bonchev–Trinajstić information content (AvgIpc) is 2.23. The molecule has 0 saturated carbocycles. The highest BCUT2D eigenvalue weighted by molar-refractivity contribution is 4.76. The van der Waals surface area contributed by atoms with Gasteiger partial charge in [-0.2, -0.15) is 0 Å². The van der Waals surface area contributed by atoms with Crippen LogP contribution in [0.3, 0.4) is 0 Å². The van der Waals surface area contributed by atoms with Crippen molar-refractivity contribution in [3.05, 3.63) is 12.3 Å². The maximum atomic E-state index is 5.44. The van der Waals surface area contributed by atoms with E-state index in [9.17, 15) is 0 Å². The molecule has 0 saturated heterocycles. The summed E-state index contributed by atoms with van der Waals surface area (Å²) in [5, 5.41) is 0. The van der Waals surface area contributed by atoms with Gasteiger partial charge in [-0.3, -0.25) is 0 Å². The van der Waals surface area contributed by atoms with E-state index in [1.165, 1.54) is 25.9 Å². The molecule has 2 nitrogen and oxygen atoms in total.